The fourth-order valence-corrected chi connectivity index (χ4v) is 5.95. The molecule has 0 unspecified atom stereocenters. The van der Waals surface area contributed by atoms with E-state index in [0.29, 0.717) is 41.1 Å². The molecule has 47 heavy (non-hydrogen) atoms. The molecule has 12 heteroatoms. The number of carbonyl (C=O) groups excluding carboxylic acids is 3. The van der Waals surface area contributed by atoms with Crippen LogP contribution in [0, 0.1) is 5.82 Å². The van der Waals surface area contributed by atoms with Gasteiger partial charge in [0.2, 0.25) is 5.91 Å². The van der Waals surface area contributed by atoms with E-state index >= 15 is 0 Å². The Bertz CT molecular complexity index is 1980. The number of likely N-dealkylation sites (tertiary alicyclic amines) is 1. The number of carbonyl (C=O) groups is 3. The largest absolute Gasteiger partial charge is 0.488 e. The van der Waals surface area contributed by atoms with Gasteiger partial charge in [0, 0.05) is 55.5 Å². The van der Waals surface area contributed by atoms with Crippen molar-refractivity contribution in [2.24, 2.45) is 0 Å². The van der Waals surface area contributed by atoms with Crippen LogP contribution in [0.25, 0.3) is 22.0 Å². The monoisotopic (exact) mass is 634 g/mol. The maximum atomic E-state index is 14.7. The second-order valence-electron chi connectivity index (χ2n) is 11.6. The van der Waals surface area contributed by atoms with Crippen LogP contribution in [0.3, 0.4) is 0 Å². The van der Waals surface area contributed by atoms with Crippen LogP contribution in [0.1, 0.15) is 28.0 Å². The number of para-hydroxylation sites is 1. The van der Waals surface area contributed by atoms with Gasteiger partial charge in [0.1, 0.15) is 23.4 Å². The van der Waals surface area contributed by atoms with Crippen LogP contribution in [-0.2, 0) is 22.6 Å². The van der Waals surface area contributed by atoms with E-state index in [9.17, 15) is 18.8 Å². The second-order valence-corrected chi connectivity index (χ2v) is 11.6. The number of nitrogens with zero attached hydrogens (tertiary/aromatic N) is 3. The normalized spacial score (nSPS) is 18.4. The average molecular weight is 635 g/mol. The maximum absolute atomic E-state index is 14.7. The molecule has 0 radical (unpaired) electrons. The molecule has 6 bridgehead atoms. The number of H-pyrrole nitrogens is 1. The molecule has 2 aliphatic rings. The van der Waals surface area contributed by atoms with Gasteiger partial charge < -0.3 is 25.0 Å². The molecule has 3 amide bonds. The minimum absolute atomic E-state index is 0.0588. The fraction of sp³-hybridized carbons (Fsp3) is 0.229. The summed E-state index contributed by atoms with van der Waals surface area (Å²) in [6.45, 7) is 0.362. The minimum Gasteiger partial charge on any atom is -0.488 e. The number of hydrogen-bond donors (Lipinski definition) is 3. The van der Waals surface area contributed by atoms with Crippen molar-refractivity contribution in [2.45, 2.75) is 31.5 Å². The first-order valence-electron chi connectivity index (χ1n) is 15.3. The molecule has 1 fully saturated rings. The zero-order valence-electron chi connectivity index (χ0n) is 25.2. The summed E-state index contributed by atoms with van der Waals surface area (Å²) in [5, 5.41) is 14.0. The summed E-state index contributed by atoms with van der Waals surface area (Å²) in [4.78, 5) is 45.8. The standard InChI is InChI=1S/C35H31FN6O5/c36-25-10-21-11-27(14-25)47-32-8-9-42(34(44)15-30-28-6-1-2-7-29(28)40-41-30)19-31(32)39-35(45)24-12-23(17-37-18-24)22-4-3-5-26(13-22)46-20-33(43)38-16-21/h1-7,10-14,17-18,31-32H,8-9,15-16,19-20H2,(H,38,43)(H,39,45)(H,40,41)/t31-,32+/m1/s1. The molecule has 4 heterocycles. The van der Waals surface area contributed by atoms with Gasteiger partial charge in [0.15, 0.2) is 6.61 Å². The van der Waals surface area contributed by atoms with Crippen LogP contribution in [0.15, 0.2) is 85.2 Å². The molecule has 5 aromatic rings. The predicted molar refractivity (Wildman–Crippen MR) is 170 cm³/mol. The van der Waals surface area contributed by atoms with Crippen LogP contribution in [0.5, 0.6) is 11.5 Å². The zero-order valence-corrected chi connectivity index (χ0v) is 25.2. The lowest BCUT2D eigenvalue weighted by molar-refractivity contribution is -0.133. The number of benzene rings is 3. The maximum Gasteiger partial charge on any atom is 0.258 e. The average Bonchev–Trinajstić information content (AvgIpc) is 3.49. The van der Waals surface area contributed by atoms with Crippen molar-refractivity contribution in [1.29, 1.82) is 0 Å². The smallest absolute Gasteiger partial charge is 0.258 e. The molecule has 0 saturated carbocycles. The molecular formula is C35H31FN6O5. The summed E-state index contributed by atoms with van der Waals surface area (Å²) in [5.41, 5.74) is 3.72. The Hall–Kier alpha value is -5.78. The highest BCUT2D eigenvalue weighted by Crippen LogP contribution is 2.26. The lowest BCUT2D eigenvalue weighted by atomic mass is 10.00. The van der Waals surface area contributed by atoms with Crippen molar-refractivity contribution >= 4 is 28.6 Å². The van der Waals surface area contributed by atoms with Gasteiger partial charge in [-0.05, 0) is 47.5 Å². The van der Waals surface area contributed by atoms with E-state index in [4.69, 9.17) is 9.47 Å². The molecule has 238 valence electrons. The van der Waals surface area contributed by atoms with E-state index in [1.807, 2.05) is 30.3 Å². The molecule has 3 aromatic carbocycles. The first-order valence-corrected chi connectivity index (χ1v) is 15.3. The van der Waals surface area contributed by atoms with Gasteiger partial charge in [-0.2, -0.15) is 5.10 Å². The Morgan fingerprint density at radius 3 is 2.74 bits per heavy atom. The highest BCUT2D eigenvalue weighted by molar-refractivity contribution is 5.95. The Kier molecular flexibility index (Phi) is 8.22. The van der Waals surface area contributed by atoms with Gasteiger partial charge in [0.25, 0.3) is 11.8 Å². The zero-order chi connectivity index (χ0) is 32.3. The third kappa shape index (κ3) is 6.76. The van der Waals surface area contributed by atoms with Gasteiger partial charge >= 0.3 is 0 Å². The predicted octanol–water partition coefficient (Wildman–Crippen LogP) is 3.79. The first-order chi connectivity index (χ1) is 22.9. The minimum atomic E-state index is -0.632. The summed E-state index contributed by atoms with van der Waals surface area (Å²) >= 11 is 0. The number of rotatable bonds is 2. The van der Waals surface area contributed by atoms with Crippen molar-refractivity contribution in [3.8, 4) is 22.6 Å². The summed E-state index contributed by atoms with van der Waals surface area (Å²) in [6.07, 6.45) is 3.02. The highest BCUT2D eigenvalue weighted by atomic mass is 19.1. The molecule has 2 aromatic heterocycles. The molecular weight excluding hydrogens is 603 g/mol. The number of aromatic amines is 1. The number of aromatic nitrogens is 3. The second kappa shape index (κ2) is 12.9. The molecule has 0 spiro atoms. The lowest BCUT2D eigenvalue weighted by Gasteiger charge is -2.39. The Morgan fingerprint density at radius 2 is 1.83 bits per heavy atom. The number of hydrogen-bond acceptors (Lipinski definition) is 7. The van der Waals surface area contributed by atoms with E-state index in [2.05, 4.69) is 25.8 Å². The molecule has 7 rings (SSSR count). The molecule has 0 aliphatic carbocycles. The lowest BCUT2D eigenvalue weighted by Crippen LogP contribution is -2.58. The quantitative estimate of drug-likeness (QED) is 0.269. The number of piperidine rings is 1. The SMILES string of the molecule is O=C1COc2cccc(c2)-c2cncc(c2)C(=O)N[C@@H]2CN(C(=O)Cc3[nH]nc4ccccc34)CC[C@@H]2Oc2cc(F)cc(c2)CN1. The number of fused-ring (bicyclic) bond motifs is 9. The van der Waals surface area contributed by atoms with Crippen molar-refractivity contribution < 1.29 is 28.2 Å². The highest BCUT2D eigenvalue weighted by Gasteiger charge is 2.35. The third-order valence-electron chi connectivity index (χ3n) is 8.33. The number of pyridine rings is 1. The molecule has 1 saturated heterocycles. The Morgan fingerprint density at radius 1 is 0.957 bits per heavy atom. The van der Waals surface area contributed by atoms with E-state index in [1.54, 1.807) is 41.4 Å². The van der Waals surface area contributed by atoms with Crippen molar-refractivity contribution in [2.75, 3.05) is 19.7 Å². The van der Waals surface area contributed by atoms with Gasteiger partial charge in [-0.1, -0.05) is 30.3 Å². The van der Waals surface area contributed by atoms with Gasteiger partial charge in [-0.3, -0.25) is 24.5 Å². The summed E-state index contributed by atoms with van der Waals surface area (Å²) < 4.78 is 26.7. The van der Waals surface area contributed by atoms with E-state index in [1.165, 1.54) is 18.3 Å². The van der Waals surface area contributed by atoms with Crippen LogP contribution in [0.2, 0.25) is 0 Å². The molecule has 11 nitrogen and oxygen atoms in total. The topological polar surface area (TPSA) is 139 Å². The summed E-state index contributed by atoms with van der Waals surface area (Å²) in [7, 11) is 0. The number of ether oxygens (including phenoxy) is 2. The molecule has 2 aliphatic heterocycles. The Balaban J connectivity index is 1.19. The van der Waals surface area contributed by atoms with Crippen molar-refractivity contribution in [1.82, 2.24) is 30.7 Å². The van der Waals surface area contributed by atoms with E-state index in [0.717, 1.165) is 16.5 Å². The number of halogens is 1. The van der Waals surface area contributed by atoms with Crippen LogP contribution < -0.4 is 20.1 Å². The van der Waals surface area contributed by atoms with Gasteiger partial charge in [-0.25, -0.2) is 4.39 Å². The summed E-state index contributed by atoms with van der Waals surface area (Å²) in [5.74, 6) is -0.725. The first kappa shape index (κ1) is 29.9. The Labute approximate surface area is 269 Å². The fourth-order valence-electron chi connectivity index (χ4n) is 5.95. The number of amides is 3. The third-order valence-corrected chi connectivity index (χ3v) is 8.33. The van der Waals surface area contributed by atoms with Crippen LogP contribution >= 0.6 is 0 Å². The van der Waals surface area contributed by atoms with Crippen molar-refractivity contribution in [3.05, 3.63) is 108 Å². The van der Waals surface area contributed by atoms with E-state index in [-0.39, 0.29) is 43.7 Å². The van der Waals surface area contributed by atoms with Gasteiger partial charge in [-0.15, -0.1) is 0 Å². The van der Waals surface area contributed by atoms with Crippen LogP contribution in [-0.4, -0.2) is 69.6 Å². The number of nitrogens with one attached hydrogen (secondary N) is 3. The van der Waals surface area contributed by atoms with Crippen molar-refractivity contribution in [3.63, 3.8) is 0 Å². The van der Waals surface area contributed by atoms with E-state index < -0.39 is 23.9 Å². The summed E-state index contributed by atoms with van der Waals surface area (Å²) in [6, 6.07) is 20.0. The van der Waals surface area contributed by atoms with Crippen LogP contribution in [0.4, 0.5) is 4.39 Å². The molecule has 3 N–H and O–H groups in total. The molecule has 2 atom stereocenters. The van der Waals surface area contributed by atoms with Gasteiger partial charge in [0.05, 0.1) is 29.2 Å².